The molecule has 2 heterocycles. The summed E-state index contributed by atoms with van der Waals surface area (Å²) in [5.74, 6) is 0.563. The largest absolute Gasteiger partial charge is 0.481 e. The van der Waals surface area contributed by atoms with Crippen molar-refractivity contribution in [1.29, 1.82) is 0 Å². The number of hydrogen-bond acceptors (Lipinski definition) is 3. The van der Waals surface area contributed by atoms with E-state index in [9.17, 15) is 9.59 Å². The standard InChI is InChI=1S/C16H28N2O3/c1-13-4-9-18(10-5-13)15(19)12-17-7-2-3-14(6-8-17)11-16(20)21/h13-14H,2-12H2,1H3,(H,20,21)/t14-/m1/s1. The van der Waals surface area contributed by atoms with Crippen molar-refractivity contribution in [3.05, 3.63) is 0 Å². The second-order valence-electron chi connectivity index (χ2n) is 6.73. The number of likely N-dealkylation sites (tertiary alicyclic amines) is 2. The lowest BCUT2D eigenvalue weighted by molar-refractivity contribution is -0.138. The number of rotatable bonds is 4. The summed E-state index contributed by atoms with van der Waals surface area (Å²) in [6.45, 7) is 6.33. The van der Waals surface area contributed by atoms with Crippen LogP contribution in [0, 0.1) is 11.8 Å². The molecule has 2 aliphatic heterocycles. The third-order valence-corrected chi connectivity index (χ3v) is 4.90. The first-order valence-corrected chi connectivity index (χ1v) is 8.26. The molecule has 0 unspecified atom stereocenters. The molecule has 0 spiro atoms. The van der Waals surface area contributed by atoms with Crippen molar-refractivity contribution < 1.29 is 14.7 Å². The zero-order chi connectivity index (χ0) is 15.2. The van der Waals surface area contributed by atoms with Crippen LogP contribution in [0.25, 0.3) is 0 Å². The topological polar surface area (TPSA) is 60.9 Å². The quantitative estimate of drug-likeness (QED) is 0.859. The van der Waals surface area contributed by atoms with Gasteiger partial charge in [0.05, 0.1) is 6.54 Å². The van der Waals surface area contributed by atoms with Gasteiger partial charge in [0.2, 0.25) is 5.91 Å². The van der Waals surface area contributed by atoms with Gasteiger partial charge in [0.25, 0.3) is 0 Å². The monoisotopic (exact) mass is 296 g/mol. The number of piperidine rings is 1. The maximum Gasteiger partial charge on any atom is 0.303 e. The zero-order valence-corrected chi connectivity index (χ0v) is 13.1. The molecule has 2 fully saturated rings. The fourth-order valence-corrected chi connectivity index (χ4v) is 3.38. The molecule has 0 aromatic carbocycles. The van der Waals surface area contributed by atoms with Crippen LogP contribution in [-0.2, 0) is 9.59 Å². The van der Waals surface area contributed by atoms with Gasteiger partial charge in [-0.15, -0.1) is 0 Å². The van der Waals surface area contributed by atoms with Gasteiger partial charge in [-0.1, -0.05) is 6.92 Å². The first kappa shape index (κ1) is 16.3. The smallest absolute Gasteiger partial charge is 0.303 e. The molecule has 1 atom stereocenters. The summed E-state index contributed by atoms with van der Waals surface area (Å²) in [5.41, 5.74) is 0. The van der Waals surface area contributed by atoms with Crippen LogP contribution < -0.4 is 0 Å². The van der Waals surface area contributed by atoms with Gasteiger partial charge >= 0.3 is 5.97 Å². The van der Waals surface area contributed by atoms with E-state index in [-0.39, 0.29) is 18.2 Å². The minimum atomic E-state index is -0.702. The fraction of sp³-hybridized carbons (Fsp3) is 0.875. The van der Waals surface area contributed by atoms with E-state index in [4.69, 9.17) is 5.11 Å². The van der Waals surface area contributed by atoms with Crippen LogP contribution >= 0.6 is 0 Å². The van der Waals surface area contributed by atoms with Gasteiger partial charge in [-0.2, -0.15) is 0 Å². The number of carboxylic acid groups (broad SMARTS) is 1. The van der Waals surface area contributed by atoms with E-state index in [0.717, 1.165) is 64.2 Å². The molecule has 1 N–H and O–H groups in total. The summed E-state index contributed by atoms with van der Waals surface area (Å²) in [7, 11) is 0. The van der Waals surface area contributed by atoms with E-state index in [1.807, 2.05) is 4.90 Å². The van der Waals surface area contributed by atoms with Gasteiger partial charge in [-0.25, -0.2) is 0 Å². The summed E-state index contributed by atoms with van der Waals surface area (Å²) in [6, 6.07) is 0. The Morgan fingerprint density at radius 2 is 1.76 bits per heavy atom. The Morgan fingerprint density at radius 1 is 1.05 bits per heavy atom. The minimum absolute atomic E-state index is 0.249. The van der Waals surface area contributed by atoms with Crippen molar-refractivity contribution in [3.8, 4) is 0 Å². The summed E-state index contributed by atoms with van der Waals surface area (Å²) in [4.78, 5) is 27.3. The third-order valence-electron chi connectivity index (χ3n) is 4.90. The zero-order valence-electron chi connectivity index (χ0n) is 13.1. The third kappa shape index (κ3) is 5.30. The Labute approximate surface area is 127 Å². The van der Waals surface area contributed by atoms with Gasteiger partial charge in [-0.05, 0) is 57.0 Å². The average molecular weight is 296 g/mol. The average Bonchev–Trinajstić information content (AvgIpc) is 2.64. The Hall–Kier alpha value is -1.10. The van der Waals surface area contributed by atoms with Crippen LogP contribution in [-0.4, -0.2) is 59.5 Å². The number of nitrogens with zero attached hydrogens (tertiary/aromatic N) is 2. The Kier molecular flexibility index (Phi) is 6.03. The SMILES string of the molecule is CC1CCN(C(=O)CN2CCC[C@@H](CC(=O)O)CC2)CC1. The summed E-state index contributed by atoms with van der Waals surface area (Å²) in [5, 5.41) is 8.89. The van der Waals surface area contributed by atoms with Crippen molar-refractivity contribution in [2.45, 2.75) is 45.4 Å². The maximum absolute atomic E-state index is 12.3. The highest BCUT2D eigenvalue weighted by Gasteiger charge is 2.24. The molecule has 0 aromatic rings. The highest BCUT2D eigenvalue weighted by molar-refractivity contribution is 5.78. The van der Waals surface area contributed by atoms with Crippen molar-refractivity contribution in [3.63, 3.8) is 0 Å². The number of carbonyl (C=O) groups excluding carboxylic acids is 1. The van der Waals surface area contributed by atoms with Crippen molar-refractivity contribution in [2.75, 3.05) is 32.7 Å². The van der Waals surface area contributed by atoms with E-state index in [1.54, 1.807) is 0 Å². The van der Waals surface area contributed by atoms with Crippen LogP contribution in [0.15, 0.2) is 0 Å². The maximum atomic E-state index is 12.3. The molecule has 0 aromatic heterocycles. The van der Waals surface area contributed by atoms with Crippen LogP contribution in [0.5, 0.6) is 0 Å². The highest BCUT2D eigenvalue weighted by atomic mass is 16.4. The van der Waals surface area contributed by atoms with E-state index in [0.29, 0.717) is 6.54 Å². The molecule has 120 valence electrons. The van der Waals surface area contributed by atoms with Gasteiger partial charge < -0.3 is 10.0 Å². The van der Waals surface area contributed by atoms with Gasteiger partial charge in [0, 0.05) is 19.5 Å². The van der Waals surface area contributed by atoms with E-state index in [2.05, 4.69) is 11.8 Å². The predicted molar refractivity (Wildman–Crippen MR) is 81.0 cm³/mol. The molecule has 0 radical (unpaired) electrons. The molecule has 2 saturated heterocycles. The van der Waals surface area contributed by atoms with Crippen molar-refractivity contribution >= 4 is 11.9 Å². The Bertz CT molecular complexity index is 365. The predicted octanol–water partition coefficient (Wildman–Crippen LogP) is 1.82. The van der Waals surface area contributed by atoms with Gasteiger partial charge in [0.1, 0.15) is 0 Å². The molecule has 0 saturated carbocycles. The Morgan fingerprint density at radius 3 is 2.43 bits per heavy atom. The van der Waals surface area contributed by atoms with Gasteiger partial charge in [-0.3, -0.25) is 14.5 Å². The van der Waals surface area contributed by atoms with E-state index >= 15 is 0 Å². The van der Waals surface area contributed by atoms with Crippen LogP contribution in [0.3, 0.4) is 0 Å². The first-order chi connectivity index (χ1) is 10.0. The molecule has 1 amide bonds. The molecule has 0 bridgehead atoms. The normalized spacial score (nSPS) is 25.6. The van der Waals surface area contributed by atoms with Crippen LogP contribution in [0.2, 0.25) is 0 Å². The first-order valence-electron chi connectivity index (χ1n) is 8.26. The summed E-state index contributed by atoms with van der Waals surface area (Å²) < 4.78 is 0. The lowest BCUT2D eigenvalue weighted by Crippen LogP contribution is -2.44. The second-order valence-corrected chi connectivity index (χ2v) is 6.73. The minimum Gasteiger partial charge on any atom is -0.481 e. The fourth-order valence-electron chi connectivity index (χ4n) is 3.38. The highest BCUT2D eigenvalue weighted by Crippen LogP contribution is 2.21. The summed E-state index contributed by atoms with van der Waals surface area (Å²) >= 11 is 0. The molecule has 5 heteroatoms. The van der Waals surface area contributed by atoms with E-state index in [1.165, 1.54) is 0 Å². The molecule has 0 aliphatic carbocycles. The lowest BCUT2D eigenvalue weighted by atomic mass is 9.97. The van der Waals surface area contributed by atoms with E-state index < -0.39 is 5.97 Å². The molecular weight excluding hydrogens is 268 g/mol. The van der Waals surface area contributed by atoms with Crippen molar-refractivity contribution in [2.24, 2.45) is 11.8 Å². The number of carboxylic acids is 1. The molecule has 2 rings (SSSR count). The lowest BCUT2D eigenvalue weighted by Gasteiger charge is -2.32. The van der Waals surface area contributed by atoms with Crippen LogP contribution in [0.4, 0.5) is 0 Å². The van der Waals surface area contributed by atoms with Crippen molar-refractivity contribution in [1.82, 2.24) is 9.80 Å². The van der Waals surface area contributed by atoms with Gasteiger partial charge in [0.15, 0.2) is 0 Å². The number of amides is 1. The number of carbonyl (C=O) groups is 2. The Balaban J connectivity index is 1.75. The number of aliphatic carboxylic acids is 1. The molecule has 2 aliphatic rings. The molecule has 21 heavy (non-hydrogen) atoms. The van der Waals surface area contributed by atoms with Crippen LogP contribution in [0.1, 0.15) is 45.4 Å². The second kappa shape index (κ2) is 7.78. The number of hydrogen-bond donors (Lipinski definition) is 1. The molecule has 5 nitrogen and oxygen atoms in total. The summed E-state index contributed by atoms with van der Waals surface area (Å²) in [6.07, 6.45) is 5.38. The molecular formula is C16H28N2O3.